The van der Waals surface area contributed by atoms with Crippen molar-refractivity contribution in [1.29, 1.82) is 0 Å². The summed E-state index contributed by atoms with van der Waals surface area (Å²) < 4.78 is 0.751. The Bertz CT molecular complexity index is 861. The standard InChI is InChI=1S/C19H24N4O3S2/c1-13(2)11-21-6-8-22(9-7-21)18(24)15-4-5-17(16(10-15)23(25)26)28-19-20-14(3)12-27-19/h4-5,10,12-13H,6-9,11H2,1-3H3. The first-order chi connectivity index (χ1) is 13.3. The first-order valence-electron chi connectivity index (χ1n) is 9.23. The van der Waals surface area contributed by atoms with Crippen molar-refractivity contribution in [2.24, 2.45) is 5.92 Å². The van der Waals surface area contributed by atoms with Crippen LogP contribution in [0.2, 0.25) is 0 Å². The third kappa shape index (κ3) is 5.09. The number of aromatic nitrogens is 1. The van der Waals surface area contributed by atoms with Crippen molar-refractivity contribution >= 4 is 34.7 Å². The summed E-state index contributed by atoms with van der Waals surface area (Å²) in [6.07, 6.45) is 0. The highest BCUT2D eigenvalue weighted by Crippen LogP contribution is 2.37. The smallest absolute Gasteiger partial charge is 0.284 e. The van der Waals surface area contributed by atoms with Gasteiger partial charge < -0.3 is 4.90 Å². The molecule has 7 nitrogen and oxygen atoms in total. The summed E-state index contributed by atoms with van der Waals surface area (Å²) in [6, 6.07) is 4.73. The zero-order chi connectivity index (χ0) is 20.3. The van der Waals surface area contributed by atoms with E-state index in [1.807, 2.05) is 12.3 Å². The van der Waals surface area contributed by atoms with E-state index in [0.29, 0.717) is 29.5 Å². The lowest BCUT2D eigenvalue weighted by atomic mass is 10.1. The average Bonchev–Trinajstić information content (AvgIpc) is 3.06. The number of nitro benzene ring substituents is 1. The van der Waals surface area contributed by atoms with Gasteiger partial charge in [-0.1, -0.05) is 25.6 Å². The Morgan fingerprint density at radius 3 is 2.61 bits per heavy atom. The number of carbonyl (C=O) groups excluding carboxylic acids is 1. The number of rotatable bonds is 6. The van der Waals surface area contributed by atoms with Crippen LogP contribution in [0.1, 0.15) is 29.9 Å². The number of aryl methyl sites for hydroxylation is 1. The first kappa shape index (κ1) is 20.8. The van der Waals surface area contributed by atoms with Gasteiger partial charge in [0.15, 0.2) is 4.34 Å². The van der Waals surface area contributed by atoms with E-state index in [1.165, 1.54) is 29.2 Å². The fourth-order valence-electron chi connectivity index (χ4n) is 3.19. The Hall–Kier alpha value is -1.97. The second-order valence-electron chi connectivity index (χ2n) is 7.28. The van der Waals surface area contributed by atoms with Gasteiger partial charge in [0.05, 0.1) is 9.82 Å². The van der Waals surface area contributed by atoms with Crippen LogP contribution in [-0.4, -0.2) is 58.3 Å². The van der Waals surface area contributed by atoms with Crippen molar-refractivity contribution in [2.45, 2.75) is 30.0 Å². The molecule has 0 bridgehead atoms. The van der Waals surface area contributed by atoms with Crippen molar-refractivity contribution in [2.75, 3.05) is 32.7 Å². The number of nitrogens with zero attached hydrogens (tertiary/aromatic N) is 4. The van der Waals surface area contributed by atoms with Gasteiger partial charge in [-0.3, -0.25) is 19.8 Å². The SMILES string of the molecule is Cc1csc(Sc2ccc(C(=O)N3CCN(CC(C)C)CC3)cc2[N+](=O)[O-])n1. The monoisotopic (exact) mass is 420 g/mol. The van der Waals surface area contributed by atoms with Crippen molar-refractivity contribution in [3.8, 4) is 0 Å². The lowest BCUT2D eigenvalue weighted by Gasteiger charge is -2.35. The van der Waals surface area contributed by atoms with E-state index >= 15 is 0 Å². The molecule has 9 heteroatoms. The van der Waals surface area contributed by atoms with Gasteiger partial charge >= 0.3 is 0 Å². The second kappa shape index (κ2) is 9.02. The maximum Gasteiger partial charge on any atom is 0.284 e. The molecule has 0 spiro atoms. The number of nitro groups is 1. The molecule has 1 aliphatic rings. The second-order valence-corrected chi connectivity index (χ2v) is 9.43. The summed E-state index contributed by atoms with van der Waals surface area (Å²) >= 11 is 2.71. The number of thiazole rings is 1. The lowest BCUT2D eigenvalue weighted by molar-refractivity contribution is -0.387. The Morgan fingerprint density at radius 1 is 1.32 bits per heavy atom. The lowest BCUT2D eigenvalue weighted by Crippen LogP contribution is -2.49. The van der Waals surface area contributed by atoms with Crippen LogP contribution in [0.5, 0.6) is 0 Å². The van der Waals surface area contributed by atoms with Crippen LogP contribution in [0.25, 0.3) is 0 Å². The number of hydrogen-bond donors (Lipinski definition) is 0. The number of hydrogen-bond acceptors (Lipinski definition) is 7. The molecule has 0 aliphatic carbocycles. The fraction of sp³-hybridized carbons (Fsp3) is 0.474. The van der Waals surface area contributed by atoms with Gasteiger partial charge in [-0.05, 0) is 25.0 Å². The molecule has 1 aromatic carbocycles. The van der Waals surface area contributed by atoms with Crippen molar-refractivity contribution < 1.29 is 9.72 Å². The minimum Gasteiger partial charge on any atom is -0.336 e. The summed E-state index contributed by atoms with van der Waals surface area (Å²) in [7, 11) is 0. The van der Waals surface area contributed by atoms with Crippen molar-refractivity contribution in [3.05, 3.63) is 45.0 Å². The summed E-state index contributed by atoms with van der Waals surface area (Å²) in [5.41, 5.74) is 1.20. The van der Waals surface area contributed by atoms with E-state index in [4.69, 9.17) is 0 Å². The molecule has 2 heterocycles. The highest BCUT2D eigenvalue weighted by atomic mass is 32.2. The normalized spacial score (nSPS) is 15.2. The van der Waals surface area contributed by atoms with Gasteiger partial charge in [-0.2, -0.15) is 0 Å². The molecule has 1 amide bonds. The Balaban J connectivity index is 1.73. The molecule has 2 aromatic rings. The largest absolute Gasteiger partial charge is 0.336 e. The molecule has 1 aliphatic heterocycles. The molecule has 0 unspecified atom stereocenters. The molecule has 1 saturated heterocycles. The van der Waals surface area contributed by atoms with E-state index in [2.05, 4.69) is 23.7 Å². The Morgan fingerprint density at radius 2 is 2.04 bits per heavy atom. The highest BCUT2D eigenvalue weighted by molar-refractivity contribution is 8.01. The number of carbonyl (C=O) groups is 1. The van der Waals surface area contributed by atoms with Crippen molar-refractivity contribution in [1.82, 2.24) is 14.8 Å². The van der Waals surface area contributed by atoms with Crippen LogP contribution in [-0.2, 0) is 0 Å². The number of piperazine rings is 1. The van der Waals surface area contributed by atoms with E-state index in [1.54, 1.807) is 17.0 Å². The topological polar surface area (TPSA) is 79.6 Å². The van der Waals surface area contributed by atoms with Gasteiger partial charge in [0.25, 0.3) is 11.6 Å². The molecule has 0 saturated carbocycles. The van der Waals surface area contributed by atoms with Crippen LogP contribution < -0.4 is 0 Å². The molecule has 0 N–H and O–H groups in total. The molecule has 1 aromatic heterocycles. The molecule has 1 fully saturated rings. The van der Waals surface area contributed by atoms with Crippen molar-refractivity contribution in [3.63, 3.8) is 0 Å². The maximum absolute atomic E-state index is 12.8. The summed E-state index contributed by atoms with van der Waals surface area (Å²) in [5, 5.41) is 13.5. The van der Waals surface area contributed by atoms with Crippen LogP contribution in [0.4, 0.5) is 5.69 Å². The van der Waals surface area contributed by atoms with E-state index < -0.39 is 4.92 Å². The fourth-order valence-corrected chi connectivity index (χ4v) is 5.06. The zero-order valence-electron chi connectivity index (χ0n) is 16.3. The number of amides is 1. The van der Waals surface area contributed by atoms with Crippen LogP contribution in [0.3, 0.4) is 0 Å². The van der Waals surface area contributed by atoms with Crippen LogP contribution in [0, 0.1) is 23.0 Å². The predicted octanol–water partition coefficient (Wildman–Crippen LogP) is 3.92. The highest BCUT2D eigenvalue weighted by Gasteiger charge is 2.25. The van der Waals surface area contributed by atoms with Gasteiger partial charge in [0, 0.05) is 55.4 Å². The quantitative estimate of drug-likeness (QED) is 0.520. The molecule has 0 atom stereocenters. The predicted molar refractivity (Wildman–Crippen MR) is 111 cm³/mol. The third-order valence-electron chi connectivity index (χ3n) is 4.48. The molecule has 0 radical (unpaired) electrons. The van der Waals surface area contributed by atoms with Gasteiger partial charge in [-0.15, -0.1) is 11.3 Å². The van der Waals surface area contributed by atoms with Crippen LogP contribution in [0.15, 0.2) is 32.8 Å². The third-order valence-corrected chi connectivity index (χ3v) is 6.60. The molecule has 150 valence electrons. The van der Waals surface area contributed by atoms with Crippen LogP contribution >= 0.6 is 23.1 Å². The van der Waals surface area contributed by atoms with E-state index in [9.17, 15) is 14.9 Å². The van der Waals surface area contributed by atoms with E-state index in [0.717, 1.165) is 29.7 Å². The first-order valence-corrected chi connectivity index (χ1v) is 10.9. The van der Waals surface area contributed by atoms with Gasteiger partial charge in [0.1, 0.15) is 0 Å². The molecule has 28 heavy (non-hydrogen) atoms. The van der Waals surface area contributed by atoms with Gasteiger partial charge in [-0.25, -0.2) is 4.98 Å². The minimum atomic E-state index is -0.430. The average molecular weight is 421 g/mol. The molecular formula is C19H24N4O3S2. The van der Waals surface area contributed by atoms with Gasteiger partial charge in [0.2, 0.25) is 0 Å². The zero-order valence-corrected chi connectivity index (χ0v) is 17.9. The molecular weight excluding hydrogens is 396 g/mol. The summed E-state index contributed by atoms with van der Waals surface area (Å²) in [5.74, 6) is 0.450. The summed E-state index contributed by atoms with van der Waals surface area (Å²) in [4.78, 5) is 33.0. The molecule has 3 rings (SSSR count). The summed E-state index contributed by atoms with van der Waals surface area (Å²) in [6.45, 7) is 10.2. The van der Waals surface area contributed by atoms with E-state index in [-0.39, 0.29) is 11.6 Å². The maximum atomic E-state index is 12.8. The Labute approximate surface area is 172 Å². The number of benzene rings is 1. The minimum absolute atomic E-state index is 0.0536. The Kier molecular flexibility index (Phi) is 6.69.